The van der Waals surface area contributed by atoms with E-state index >= 15 is 0 Å². The van der Waals surface area contributed by atoms with E-state index < -0.39 is 0 Å². The molecule has 1 heterocycles. The van der Waals surface area contributed by atoms with Crippen molar-refractivity contribution in [2.75, 3.05) is 0 Å². The number of rotatable bonds is 3. The number of hydrogen-bond acceptors (Lipinski definition) is 4. The van der Waals surface area contributed by atoms with Crippen LogP contribution in [0.4, 0.5) is 0 Å². The van der Waals surface area contributed by atoms with E-state index in [-0.39, 0.29) is 12.3 Å². The molecule has 0 fully saturated rings. The van der Waals surface area contributed by atoms with Crippen LogP contribution < -0.4 is 5.43 Å². The van der Waals surface area contributed by atoms with E-state index in [1.54, 1.807) is 0 Å². The van der Waals surface area contributed by atoms with E-state index in [1.807, 2.05) is 18.4 Å². The number of thiazole rings is 1. The van der Waals surface area contributed by atoms with Crippen molar-refractivity contribution in [2.45, 2.75) is 39.0 Å². The minimum Gasteiger partial charge on any atom is -0.273 e. The van der Waals surface area contributed by atoms with Gasteiger partial charge in [-0.2, -0.15) is 5.10 Å². The van der Waals surface area contributed by atoms with Crippen LogP contribution >= 0.6 is 11.3 Å². The van der Waals surface area contributed by atoms with Crippen LogP contribution in [0, 0.1) is 6.92 Å². The second kappa shape index (κ2) is 6.83. The third-order valence-electron chi connectivity index (χ3n) is 3.73. The summed E-state index contributed by atoms with van der Waals surface area (Å²) in [5, 5.41) is 7.17. The summed E-state index contributed by atoms with van der Waals surface area (Å²) in [6, 6.07) is 8.33. The third kappa shape index (κ3) is 3.60. The maximum absolute atomic E-state index is 12.0. The Morgan fingerprint density at radius 3 is 2.95 bits per heavy atom. The second-order valence-electron chi connectivity index (χ2n) is 5.52. The van der Waals surface area contributed by atoms with Gasteiger partial charge in [-0.15, -0.1) is 11.3 Å². The van der Waals surface area contributed by atoms with Crippen molar-refractivity contribution in [3.05, 3.63) is 51.5 Å². The molecule has 0 saturated heterocycles. The summed E-state index contributed by atoms with van der Waals surface area (Å²) in [5.41, 5.74) is 7.13. The summed E-state index contributed by atoms with van der Waals surface area (Å²) in [6.45, 7) is 1.93. The normalized spacial score (nSPS) is 16.1. The largest absolute Gasteiger partial charge is 0.273 e. The summed E-state index contributed by atoms with van der Waals surface area (Å²) in [7, 11) is 0. The van der Waals surface area contributed by atoms with Crippen molar-refractivity contribution in [1.29, 1.82) is 0 Å². The molecule has 2 aromatic rings. The van der Waals surface area contributed by atoms with Gasteiger partial charge in [-0.05, 0) is 38.2 Å². The van der Waals surface area contributed by atoms with Crippen LogP contribution in [0.1, 0.15) is 41.1 Å². The topological polar surface area (TPSA) is 54.4 Å². The molecule has 0 bridgehead atoms. The zero-order valence-corrected chi connectivity index (χ0v) is 13.4. The molecule has 22 heavy (non-hydrogen) atoms. The highest BCUT2D eigenvalue weighted by Gasteiger charge is 2.14. The Balaban J connectivity index is 1.70. The number of nitrogens with one attached hydrogen (secondary N) is 1. The molecule has 0 saturated carbocycles. The molecule has 1 aliphatic carbocycles. The molecule has 0 radical (unpaired) electrons. The average Bonchev–Trinajstić information content (AvgIpc) is 2.81. The number of aryl methyl sites for hydroxylation is 2. The Labute approximate surface area is 134 Å². The number of hydrazone groups is 1. The van der Waals surface area contributed by atoms with E-state index in [4.69, 9.17) is 0 Å². The lowest BCUT2D eigenvalue weighted by atomic mass is 10.0. The lowest BCUT2D eigenvalue weighted by molar-refractivity contribution is -0.120. The van der Waals surface area contributed by atoms with Crippen molar-refractivity contribution in [3.8, 4) is 0 Å². The Morgan fingerprint density at radius 1 is 1.32 bits per heavy atom. The van der Waals surface area contributed by atoms with Gasteiger partial charge < -0.3 is 0 Å². The number of hydrogen-bond donors (Lipinski definition) is 1. The highest BCUT2D eigenvalue weighted by molar-refractivity contribution is 7.09. The molecule has 1 aromatic heterocycles. The summed E-state index contributed by atoms with van der Waals surface area (Å²) in [5.74, 6) is -0.108. The maximum atomic E-state index is 12.0. The van der Waals surface area contributed by atoms with Gasteiger partial charge in [-0.3, -0.25) is 4.79 Å². The number of nitrogens with zero attached hydrogens (tertiary/aromatic N) is 2. The minimum atomic E-state index is -0.108. The van der Waals surface area contributed by atoms with Crippen LogP contribution in [0.3, 0.4) is 0 Å². The van der Waals surface area contributed by atoms with Crippen LogP contribution in [-0.4, -0.2) is 16.6 Å². The van der Waals surface area contributed by atoms with Gasteiger partial charge >= 0.3 is 0 Å². The monoisotopic (exact) mass is 313 g/mol. The smallest absolute Gasteiger partial charge is 0.246 e. The molecule has 1 aliphatic rings. The van der Waals surface area contributed by atoms with Crippen LogP contribution in [-0.2, 0) is 17.6 Å². The van der Waals surface area contributed by atoms with E-state index in [9.17, 15) is 4.79 Å². The summed E-state index contributed by atoms with van der Waals surface area (Å²) >= 11 is 1.51. The van der Waals surface area contributed by atoms with Gasteiger partial charge in [-0.1, -0.05) is 24.3 Å². The number of carbonyl (C=O) groups is 1. The van der Waals surface area contributed by atoms with Crippen molar-refractivity contribution in [2.24, 2.45) is 5.10 Å². The highest BCUT2D eigenvalue weighted by atomic mass is 32.1. The third-order valence-corrected chi connectivity index (χ3v) is 4.70. The average molecular weight is 313 g/mol. The molecule has 114 valence electrons. The molecule has 3 rings (SSSR count). The van der Waals surface area contributed by atoms with Crippen LogP contribution in [0.5, 0.6) is 0 Å². The van der Waals surface area contributed by atoms with Crippen LogP contribution in [0.15, 0.2) is 34.7 Å². The molecule has 1 amide bonds. The molecule has 1 aromatic carbocycles. The maximum Gasteiger partial charge on any atom is 0.246 e. The Kier molecular flexibility index (Phi) is 4.63. The molecule has 0 aliphatic heterocycles. The van der Waals surface area contributed by atoms with Crippen molar-refractivity contribution >= 4 is 23.0 Å². The first kappa shape index (κ1) is 14.9. The van der Waals surface area contributed by atoms with Crippen LogP contribution in [0.2, 0.25) is 0 Å². The molecule has 0 unspecified atom stereocenters. The Bertz CT molecular complexity index is 705. The number of benzene rings is 1. The van der Waals surface area contributed by atoms with Gasteiger partial charge in [0.2, 0.25) is 5.91 Å². The fourth-order valence-corrected chi connectivity index (χ4v) is 3.44. The minimum absolute atomic E-state index is 0.108. The summed E-state index contributed by atoms with van der Waals surface area (Å²) < 4.78 is 0. The fourth-order valence-electron chi connectivity index (χ4n) is 2.67. The van der Waals surface area contributed by atoms with Crippen molar-refractivity contribution in [1.82, 2.24) is 10.4 Å². The first-order valence-electron chi connectivity index (χ1n) is 7.57. The zero-order chi connectivity index (χ0) is 15.4. The molecular formula is C17H19N3OS. The molecule has 0 spiro atoms. The van der Waals surface area contributed by atoms with Gasteiger partial charge in [0.25, 0.3) is 0 Å². The number of aromatic nitrogens is 1. The second-order valence-corrected chi connectivity index (χ2v) is 6.46. The predicted octanol–water partition coefficient (Wildman–Crippen LogP) is 3.24. The lowest BCUT2D eigenvalue weighted by Gasteiger charge is -2.07. The van der Waals surface area contributed by atoms with Crippen LogP contribution in [0.25, 0.3) is 0 Å². The van der Waals surface area contributed by atoms with Gasteiger partial charge in [0.1, 0.15) is 5.01 Å². The Hall–Kier alpha value is -2.01. The highest BCUT2D eigenvalue weighted by Crippen LogP contribution is 2.20. The van der Waals surface area contributed by atoms with Gasteiger partial charge in [0.05, 0.1) is 12.1 Å². The molecule has 1 N–H and O–H groups in total. The molecular weight excluding hydrogens is 294 g/mol. The quantitative estimate of drug-likeness (QED) is 0.698. The van der Waals surface area contributed by atoms with Gasteiger partial charge in [-0.25, -0.2) is 10.4 Å². The van der Waals surface area contributed by atoms with E-state index in [2.05, 4.69) is 33.7 Å². The first-order valence-corrected chi connectivity index (χ1v) is 8.45. The van der Waals surface area contributed by atoms with E-state index in [0.29, 0.717) is 0 Å². The molecule has 5 heteroatoms. The van der Waals surface area contributed by atoms with Crippen molar-refractivity contribution in [3.63, 3.8) is 0 Å². The summed E-state index contributed by atoms with van der Waals surface area (Å²) in [4.78, 5) is 16.3. The molecule has 0 atom stereocenters. The van der Waals surface area contributed by atoms with E-state index in [1.165, 1.54) is 28.9 Å². The predicted molar refractivity (Wildman–Crippen MR) is 89.2 cm³/mol. The van der Waals surface area contributed by atoms with E-state index in [0.717, 1.165) is 35.7 Å². The summed E-state index contributed by atoms with van der Waals surface area (Å²) in [6.07, 6.45) is 4.56. The van der Waals surface area contributed by atoms with Crippen molar-refractivity contribution < 1.29 is 4.79 Å². The lowest BCUT2D eigenvalue weighted by Crippen LogP contribution is -2.22. The van der Waals surface area contributed by atoms with Gasteiger partial charge in [0.15, 0.2) is 0 Å². The SMILES string of the molecule is Cc1csc(CC(=O)N/N=C2\CCCCc3ccccc32)n1. The zero-order valence-electron chi connectivity index (χ0n) is 12.6. The fraction of sp³-hybridized carbons (Fsp3) is 0.353. The first-order chi connectivity index (χ1) is 10.7. The number of carbonyl (C=O) groups excluding carboxylic acids is 1. The van der Waals surface area contributed by atoms with Gasteiger partial charge in [0, 0.05) is 16.6 Å². The standard InChI is InChI=1S/C17H19N3OS/c1-12-11-22-17(18-12)10-16(21)20-19-15-9-5-3-7-13-6-2-4-8-14(13)15/h2,4,6,8,11H,3,5,7,9-10H2,1H3,(H,20,21)/b19-15+. The molecule has 4 nitrogen and oxygen atoms in total. The Morgan fingerprint density at radius 2 is 2.14 bits per heavy atom. The number of amides is 1. The number of fused-ring (bicyclic) bond motifs is 1.